The molecule has 9 heteroatoms. The third-order valence-corrected chi connectivity index (χ3v) is 2.10. The molecule has 9 nitrogen and oxygen atoms in total. The SMILES string of the molecule is O=C(O)C1=NOC(C(=O)NCc2ncn[nH]2)C1. The van der Waals surface area contributed by atoms with Gasteiger partial charge < -0.3 is 15.3 Å². The van der Waals surface area contributed by atoms with Gasteiger partial charge in [-0.1, -0.05) is 5.16 Å². The number of hydrogen-bond acceptors (Lipinski definition) is 6. The van der Waals surface area contributed by atoms with Crippen molar-refractivity contribution in [2.24, 2.45) is 5.16 Å². The summed E-state index contributed by atoms with van der Waals surface area (Å²) >= 11 is 0. The van der Waals surface area contributed by atoms with Gasteiger partial charge in [-0.25, -0.2) is 9.78 Å². The summed E-state index contributed by atoms with van der Waals surface area (Å²) in [5.41, 5.74) is -0.162. The van der Waals surface area contributed by atoms with Gasteiger partial charge in [-0.3, -0.25) is 9.89 Å². The Hall–Kier alpha value is -2.45. The molecule has 0 radical (unpaired) electrons. The van der Waals surface area contributed by atoms with Crippen LogP contribution in [0.5, 0.6) is 0 Å². The standard InChI is InChI=1S/C8H9N5O4/c14-7(9-2-6-10-3-11-12-6)5-1-4(8(15)16)13-17-5/h3,5H,1-2H2,(H,9,14)(H,15,16)(H,10,11,12). The molecule has 2 heterocycles. The van der Waals surface area contributed by atoms with Crippen LogP contribution < -0.4 is 5.32 Å². The lowest BCUT2D eigenvalue weighted by molar-refractivity contribution is -0.131. The van der Waals surface area contributed by atoms with E-state index in [1.165, 1.54) is 6.33 Å². The summed E-state index contributed by atoms with van der Waals surface area (Å²) in [5.74, 6) is -1.13. The van der Waals surface area contributed by atoms with Crippen molar-refractivity contribution in [2.75, 3.05) is 0 Å². The van der Waals surface area contributed by atoms with Crippen LogP contribution in [0.2, 0.25) is 0 Å². The van der Waals surface area contributed by atoms with Gasteiger partial charge in [-0.05, 0) is 0 Å². The molecule has 1 aliphatic heterocycles. The van der Waals surface area contributed by atoms with Gasteiger partial charge in [-0.15, -0.1) is 0 Å². The Balaban J connectivity index is 1.81. The fourth-order valence-electron chi connectivity index (χ4n) is 1.24. The van der Waals surface area contributed by atoms with Crippen LogP contribution in [-0.2, 0) is 21.0 Å². The van der Waals surface area contributed by atoms with Crippen molar-refractivity contribution in [3.05, 3.63) is 12.2 Å². The van der Waals surface area contributed by atoms with Crippen molar-refractivity contribution in [3.8, 4) is 0 Å². The molecule has 0 aliphatic carbocycles. The first kappa shape index (κ1) is 11.0. The van der Waals surface area contributed by atoms with Crippen molar-refractivity contribution >= 4 is 17.6 Å². The minimum absolute atomic E-state index is 0.0441. The first-order valence-corrected chi connectivity index (χ1v) is 4.74. The summed E-state index contributed by atoms with van der Waals surface area (Å²) in [5, 5.41) is 20.6. The highest BCUT2D eigenvalue weighted by Gasteiger charge is 2.31. The van der Waals surface area contributed by atoms with Crippen LogP contribution >= 0.6 is 0 Å². The van der Waals surface area contributed by atoms with Gasteiger partial charge in [0.15, 0.2) is 5.71 Å². The van der Waals surface area contributed by atoms with Crippen molar-refractivity contribution in [2.45, 2.75) is 19.1 Å². The smallest absolute Gasteiger partial charge is 0.353 e. The highest BCUT2D eigenvalue weighted by molar-refractivity contribution is 6.36. The minimum Gasteiger partial charge on any atom is -0.477 e. The molecule has 1 atom stereocenters. The number of carbonyl (C=O) groups excluding carboxylic acids is 1. The van der Waals surface area contributed by atoms with Crippen LogP contribution in [0.3, 0.4) is 0 Å². The second kappa shape index (κ2) is 4.60. The molecule has 0 spiro atoms. The average Bonchev–Trinajstić information content (AvgIpc) is 2.96. The molecule has 0 aromatic carbocycles. The number of hydrogen-bond donors (Lipinski definition) is 3. The molecule has 0 saturated heterocycles. The molecule has 2 rings (SSSR count). The van der Waals surface area contributed by atoms with Crippen molar-refractivity contribution in [3.63, 3.8) is 0 Å². The van der Waals surface area contributed by atoms with E-state index >= 15 is 0 Å². The monoisotopic (exact) mass is 239 g/mol. The number of carboxylic acid groups (broad SMARTS) is 1. The summed E-state index contributed by atoms with van der Waals surface area (Å²) in [7, 11) is 0. The second-order valence-corrected chi connectivity index (χ2v) is 3.29. The molecule has 0 fully saturated rings. The predicted octanol–water partition coefficient (Wildman–Crippen LogP) is -1.35. The summed E-state index contributed by atoms with van der Waals surface area (Å²) in [4.78, 5) is 30.6. The molecule has 1 unspecified atom stereocenters. The number of aromatic amines is 1. The Bertz CT molecular complexity index is 454. The molecular weight excluding hydrogens is 230 g/mol. The fourth-order valence-corrected chi connectivity index (χ4v) is 1.24. The topological polar surface area (TPSA) is 130 Å². The number of oxime groups is 1. The van der Waals surface area contributed by atoms with Crippen LogP contribution in [0.15, 0.2) is 11.5 Å². The third-order valence-electron chi connectivity index (χ3n) is 2.10. The summed E-state index contributed by atoms with van der Waals surface area (Å²) in [6, 6.07) is 0. The lowest BCUT2D eigenvalue weighted by atomic mass is 10.2. The fraction of sp³-hybridized carbons (Fsp3) is 0.375. The summed E-state index contributed by atoms with van der Waals surface area (Å²) in [6.45, 7) is 0.168. The van der Waals surface area contributed by atoms with E-state index < -0.39 is 18.0 Å². The van der Waals surface area contributed by atoms with E-state index in [0.29, 0.717) is 5.82 Å². The van der Waals surface area contributed by atoms with Crippen LogP contribution in [0.4, 0.5) is 0 Å². The predicted molar refractivity (Wildman–Crippen MR) is 52.8 cm³/mol. The van der Waals surface area contributed by atoms with Crippen LogP contribution in [0, 0.1) is 0 Å². The lowest BCUT2D eigenvalue weighted by Gasteiger charge is -2.07. The van der Waals surface area contributed by atoms with E-state index in [9.17, 15) is 9.59 Å². The molecule has 0 saturated carbocycles. The number of carboxylic acids is 1. The number of aliphatic carboxylic acids is 1. The van der Waals surface area contributed by atoms with E-state index in [-0.39, 0.29) is 18.7 Å². The first-order chi connectivity index (χ1) is 8.16. The Morgan fingerprint density at radius 3 is 3.06 bits per heavy atom. The Kier molecular flexibility index (Phi) is 2.99. The quantitative estimate of drug-likeness (QED) is 0.595. The van der Waals surface area contributed by atoms with E-state index in [2.05, 4.69) is 25.7 Å². The maximum Gasteiger partial charge on any atom is 0.353 e. The van der Waals surface area contributed by atoms with E-state index in [4.69, 9.17) is 9.94 Å². The van der Waals surface area contributed by atoms with Crippen molar-refractivity contribution in [1.82, 2.24) is 20.5 Å². The van der Waals surface area contributed by atoms with Crippen molar-refractivity contribution in [1.29, 1.82) is 0 Å². The van der Waals surface area contributed by atoms with E-state index in [0.717, 1.165) is 0 Å². The normalized spacial score (nSPS) is 18.4. The molecule has 1 aromatic heterocycles. The molecule has 3 N–H and O–H groups in total. The van der Waals surface area contributed by atoms with Gasteiger partial charge in [0.05, 0.1) is 6.54 Å². The summed E-state index contributed by atoms with van der Waals surface area (Å²) < 4.78 is 0. The second-order valence-electron chi connectivity index (χ2n) is 3.29. The average molecular weight is 239 g/mol. The molecule has 1 amide bonds. The van der Waals surface area contributed by atoms with Gasteiger partial charge in [0.25, 0.3) is 5.91 Å². The maximum atomic E-state index is 11.5. The van der Waals surface area contributed by atoms with Crippen LogP contribution in [0.1, 0.15) is 12.2 Å². The first-order valence-electron chi connectivity index (χ1n) is 4.74. The van der Waals surface area contributed by atoms with Crippen molar-refractivity contribution < 1.29 is 19.5 Å². The molecule has 1 aliphatic rings. The van der Waals surface area contributed by atoms with Gasteiger partial charge in [0.1, 0.15) is 12.2 Å². The van der Waals surface area contributed by atoms with Crippen LogP contribution in [0.25, 0.3) is 0 Å². The Morgan fingerprint density at radius 2 is 2.47 bits per heavy atom. The Labute approximate surface area is 94.9 Å². The molecule has 90 valence electrons. The maximum absolute atomic E-state index is 11.5. The highest BCUT2D eigenvalue weighted by Crippen LogP contribution is 2.10. The number of H-pyrrole nitrogens is 1. The minimum atomic E-state index is -1.18. The third kappa shape index (κ3) is 2.56. The largest absolute Gasteiger partial charge is 0.477 e. The molecular formula is C8H9N5O4. The number of nitrogens with zero attached hydrogens (tertiary/aromatic N) is 3. The van der Waals surface area contributed by atoms with Gasteiger partial charge in [0.2, 0.25) is 6.10 Å². The number of carbonyl (C=O) groups is 2. The highest BCUT2D eigenvalue weighted by atomic mass is 16.6. The number of aromatic nitrogens is 3. The number of amides is 1. The Morgan fingerprint density at radius 1 is 1.65 bits per heavy atom. The van der Waals surface area contributed by atoms with Gasteiger partial charge >= 0.3 is 5.97 Å². The summed E-state index contributed by atoms with van der Waals surface area (Å²) in [6.07, 6.45) is 0.376. The number of rotatable bonds is 4. The zero-order valence-corrected chi connectivity index (χ0v) is 8.58. The molecule has 1 aromatic rings. The number of nitrogens with one attached hydrogen (secondary N) is 2. The molecule has 0 bridgehead atoms. The van der Waals surface area contributed by atoms with Gasteiger partial charge in [0, 0.05) is 6.42 Å². The lowest BCUT2D eigenvalue weighted by Crippen LogP contribution is -2.35. The zero-order valence-electron chi connectivity index (χ0n) is 8.58. The van der Waals surface area contributed by atoms with E-state index in [1.54, 1.807) is 0 Å². The zero-order chi connectivity index (χ0) is 12.3. The van der Waals surface area contributed by atoms with Gasteiger partial charge in [-0.2, -0.15) is 5.10 Å². The van der Waals surface area contributed by atoms with E-state index in [1.807, 2.05) is 0 Å². The van der Waals surface area contributed by atoms with Crippen LogP contribution in [-0.4, -0.2) is 44.0 Å². The molecule has 17 heavy (non-hydrogen) atoms.